The van der Waals surface area contributed by atoms with E-state index in [1.807, 2.05) is 6.92 Å². The summed E-state index contributed by atoms with van der Waals surface area (Å²) < 4.78 is 10.9. The van der Waals surface area contributed by atoms with Gasteiger partial charge in [0.1, 0.15) is 23.0 Å². The van der Waals surface area contributed by atoms with Gasteiger partial charge in [0.05, 0.1) is 6.61 Å². The van der Waals surface area contributed by atoms with E-state index in [0.29, 0.717) is 38.5 Å². The maximum Gasteiger partial charge on any atom is 0.260 e. The first-order chi connectivity index (χ1) is 14.0. The lowest BCUT2D eigenvalue weighted by molar-refractivity contribution is -0.134. The maximum absolute atomic E-state index is 12.5. The van der Waals surface area contributed by atoms with Gasteiger partial charge in [0.25, 0.3) is 11.8 Å². The Balaban J connectivity index is 1.48. The summed E-state index contributed by atoms with van der Waals surface area (Å²) in [5, 5.41) is 19.1. The highest BCUT2D eigenvalue weighted by Crippen LogP contribution is 2.22. The van der Waals surface area contributed by atoms with E-state index in [0.717, 1.165) is 11.8 Å². The molecule has 0 radical (unpaired) electrons. The summed E-state index contributed by atoms with van der Waals surface area (Å²) >= 11 is 0. The topological polar surface area (TPSA) is 99.5 Å². The van der Waals surface area contributed by atoms with Gasteiger partial charge in [-0.25, -0.2) is 0 Å². The zero-order chi connectivity index (χ0) is 20.8. The van der Waals surface area contributed by atoms with Crippen molar-refractivity contribution in [3.8, 4) is 23.0 Å². The Morgan fingerprint density at radius 1 is 0.862 bits per heavy atom. The van der Waals surface area contributed by atoms with E-state index in [1.54, 1.807) is 34.1 Å². The number of phenolic OH excluding ortho intramolecular Hbond substituents is 2. The van der Waals surface area contributed by atoms with Crippen LogP contribution >= 0.6 is 0 Å². The van der Waals surface area contributed by atoms with Crippen LogP contribution in [-0.2, 0) is 4.79 Å². The molecule has 1 aliphatic heterocycles. The molecule has 2 aromatic carbocycles. The molecule has 1 fully saturated rings. The van der Waals surface area contributed by atoms with Gasteiger partial charge in [-0.05, 0) is 43.3 Å². The minimum atomic E-state index is -0.297. The first-order valence-electron chi connectivity index (χ1n) is 9.42. The third-order valence-corrected chi connectivity index (χ3v) is 4.57. The number of carbonyl (C=O) groups excluding carboxylic acids is 2. The molecule has 154 valence electrons. The number of carbonyl (C=O) groups is 2. The molecule has 0 aromatic heterocycles. The van der Waals surface area contributed by atoms with Gasteiger partial charge in [0, 0.05) is 37.8 Å². The second-order valence-electron chi connectivity index (χ2n) is 6.60. The molecule has 0 unspecified atom stereocenters. The van der Waals surface area contributed by atoms with Crippen LogP contribution in [0.5, 0.6) is 23.0 Å². The average molecular weight is 400 g/mol. The molecule has 2 N–H and O–H groups in total. The van der Waals surface area contributed by atoms with Crippen molar-refractivity contribution in [3.63, 3.8) is 0 Å². The quantitative estimate of drug-likeness (QED) is 0.768. The highest BCUT2D eigenvalue weighted by Gasteiger charge is 2.25. The fourth-order valence-electron chi connectivity index (χ4n) is 3.10. The van der Waals surface area contributed by atoms with Gasteiger partial charge < -0.3 is 29.5 Å². The number of hydrogen-bond donors (Lipinski definition) is 2. The second-order valence-corrected chi connectivity index (χ2v) is 6.60. The number of amides is 2. The van der Waals surface area contributed by atoms with E-state index >= 15 is 0 Å². The Hall–Kier alpha value is -3.42. The molecule has 8 nitrogen and oxygen atoms in total. The Morgan fingerprint density at radius 2 is 1.38 bits per heavy atom. The number of phenols is 2. The predicted molar refractivity (Wildman–Crippen MR) is 105 cm³/mol. The summed E-state index contributed by atoms with van der Waals surface area (Å²) in [4.78, 5) is 28.2. The molecular weight excluding hydrogens is 376 g/mol. The number of ether oxygens (including phenoxy) is 2. The standard InChI is InChI=1S/C21H24N2O6/c1-2-28-18-3-5-19(6-4-18)29-14-20(26)22-7-9-23(10-8-22)21(27)15-11-16(24)13-17(25)12-15/h3-6,11-13,24-25H,2,7-10,14H2,1H3. The normalized spacial score (nSPS) is 13.8. The third kappa shape index (κ3) is 5.31. The number of rotatable bonds is 6. The summed E-state index contributed by atoms with van der Waals surface area (Å²) in [7, 11) is 0. The average Bonchev–Trinajstić information content (AvgIpc) is 2.72. The number of aromatic hydroxyl groups is 2. The van der Waals surface area contributed by atoms with Gasteiger partial charge in [-0.15, -0.1) is 0 Å². The maximum atomic E-state index is 12.5. The fraction of sp³-hybridized carbons (Fsp3) is 0.333. The van der Waals surface area contributed by atoms with Crippen molar-refractivity contribution < 1.29 is 29.3 Å². The second kappa shape index (κ2) is 9.18. The van der Waals surface area contributed by atoms with Crippen LogP contribution in [-0.4, -0.2) is 71.2 Å². The molecule has 29 heavy (non-hydrogen) atoms. The van der Waals surface area contributed by atoms with Gasteiger partial charge in [-0.2, -0.15) is 0 Å². The van der Waals surface area contributed by atoms with Crippen LogP contribution in [0.25, 0.3) is 0 Å². The van der Waals surface area contributed by atoms with E-state index in [9.17, 15) is 19.8 Å². The summed E-state index contributed by atoms with van der Waals surface area (Å²) in [6.45, 7) is 3.92. The number of hydrogen-bond acceptors (Lipinski definition) is 6. The molecule has 8 heteroatoms. The fourth-order valence-corrected chi connectivity index (χ4v) is 3.10. The number of piperazine rings is 1. The monoisotopic (exact) mass is 400 g/mol. The molecule has 1 aliphatic rings. The molecule has 0 saturated carbocycles. The molecule has 3 rings (SSSR count). The van der Waals surface area contributed by atoms with Gasteiger partial charge in [0.15, 0.2) is 6.61 Å². The van der Waals surface area contributed by atoms with Crippen molar-refractivity contribution in [2.75, 3.05) is 39.4 Å². The first-order valence-corrected chi connectivity index (χ1v) is 9.42. The number of nitrogens with zero attached hydrogens (tertiary/aromatic N) is 2. The van der Waals surface area contributed by atoms with Crippen molar-refractivity contribution >= 4 is 11.8 Å². The van der Waals surface area contributed by atoms with Crippen molar-refractivity contribution in [2.45, 2.75) is 6.92 Å². The van der Waals surface area contributed by atoms with Crippen molar-refractivity contribution in [1.82, 2.24) is 9.80 Å². The zero-order valence-corrected chi connectivity index (χ0v) is 16.2. The molecule has 2 amide bonds. The van der Waals surface area contributed by atoms with Gasteiger partial charge in [-0.3, -0.25) is 9.59 Å². The summed E-state index contributed by atoms with van der Waals surface area (Å²) in [5.41, 5.74) is 0.209. The summed E-state index contributed by atoms with van der Waals surface area (Å²) in [6, 6.07) is 10.9. The Labute approximate surface area is 168 Å². The van der Waals surface area contributed by atoms with Crippen LogP contribution in [0.15, 0.2) is 42.5 Å². The summed E-state index contributed by atoms with van der Waals surface area (Å²) in [5.74, 6) is 0.531. The molecule has 0 bridgehead atoms. The van der Waals surface area contributed by atoms with Crippen LogP contribution in [0.3, 0.4) is 0 Å². The van der Waals surface area contributed by atoms with Crippen LogP contribution in [0.1, 0.15) is 17.3 Å². The number of benzene rings is 2. The molecule has 0 atom stereocenters. The van der Waals surface area contributed by atoms with Crippen molar-refractivity contribution in [1.29, 1.82) is 0 Å². The lowest BCUT2D eigenvalue weighted by atomic mass is 10.1. The van der Waals surface area contributed by atoms with E-state index in [2.05, 4.69) is 0 Å². The molecule has 1 heterocycles. The summed E-state index contributed by atoms with van der Waals surface area (Å²) in [6.07, 6.45) is 0. The van der Waals surface area contributed by atoms with Gasteiger partial charge in [-0.1, -0.05) is 0 Å². The Kier molecular flexibility index (Phi) is 6.43. The third-order valence-electron chi connectivity index (χ3n) is 4.57. The Morgan fingerprint density at radius 3 is 1.93 bits per heavy atom. The van der Waals surface area contributed by atoms with Crippen molar-refractivity contribution in [3.05, 3.63) is 48.0 Å². The lowest BCUT2D eigenvalue weighted by Crippen LogP contribution is -2.51. The van der Waals surface area contributed by atoms with E-state index in [4.69, 9.17) is 9.47 Å². The van der Waals surface area contributed by atoms with Crippen LogP contribution in [0, 0.1) is 0 Å². The largest absolute Gasteiger partial charge is 0.508 e. The predicted octanol–water partition coefficient (Wildman–Crippen LogP) is 1.86. The molecule has 0 aliphatic carbocycles. The molecule has 0 spiro atoms. The van der Waals surface area contributed by atoms with Gasteiger partial charge in [0.2, 0.25) is 0 Å². The zero-order valence-electron chi connectivity index (χ0n) is 16.2. The minimum Gasteiger partial charge on any atom is -0.508 e. The molecule has 2 aromatic rings. The minimum absolute atomic E-state index is 0.0810. The van der Waals surface area contributed by atoms with Crippen molar-refractivity contribution in [2.24, 2.45) is 0 Å². The highest BCUT2D eigenvalue weighted by molar-refractivity contribution is 5.95. The SMILES string of the molecule is CCOc1ccc(OCC(=O)N2CCN(C(=O)c3cc(O)cc(O)c3)CC2)cc1. The molecule has 1 saturated heterocycles. The van der Waals surface area contributed by atoms with Crippen LogP contribution in [0.2, 0.25) is 0 Å². The first kappa shape index (κ1) is 20.3. The van der Waals surface area contributed by atoms with Crippen LogP contribution in [0.4, 0.5) is 0 Å². The van der Waals surface area contributed by atoms with Gasteiger partial charge >= 0.3 is 0 Å². The van der Waals surface area contributed by atoms with E-state index < -0.39 is 0 Å². The molecular formula is C21H24N2O6. The smallest absolute Gasteiger partial charge is 0.260 e. The van der Waals surface area contributed by atoms with E-state index in [-0.39, 0.29) is 35.5 Å². The lowest BCUT2D eigenvalue weighted by Gasteiger charge is -2.34. The Bertz CT molecular complexity index is 840. The van der Waals surface area contributed by atoms with Crippen LogP contribution < -0.4 is 9.47 Å². The highest BCUT2D eigenvalue weighted by atomic mass is 16.5. The van der Waals surface area contributed by atoms with E-state index in [1.165, 1.54) is 12.1 Å².